The quantitative estimate of drug-likeness (QED) is 0.619. The number of rotatable bonds is 7. The van der Waals surface area contributed by atoms with E-state index in [4.69, 9.17) is 9.15 Å². The average molecular weight is 474 g/mol. The van der Waals surface area contributed by atoms with Crippen molar-refractivity contribution >= 4 is 21.9 Å². The van der Waals surface area contributed by atoms with Crippen LogP contribution in [-0.2, 0) is 37.1 Å². The van der Waals surface area contributed by atoms with Crippen LogP contribution in [0.15, 0.2) is 52.0 Å². The minimum Gasteiger partial charge on any atom is -0.467 e. The minimum absolute atomic E-state index is 0.0525. The van der Waals surface area contributed by atoms with Gasteiger partial charge >= 0.3 is 12.1 Å². The number of nitrogens with zero attached hydrogens (tertiary/aromatic N) is 1. The first kappa shape index (κ1) is 23.8. The Hall–Kier alpha value is -2.86. The number of esters is 1. The van der Waals surface area contributed by atoms with Gasteiger partial charge < -0.3 is 14.5 Å². The number of hydrogen-bond acceptors (Lipinski definition) is 6. The van der Waals surface area contributed by atoms with Gasteiger partial charge in [0.25, 0.3) is 5.91 Å². The summed E-state index contributed by atoms with van der Waals surface area (Å²) < 4.78 is 75.2. The Morgan fingerprint density at radius 2 is 1.88 bits per heavy atom. The number of benzene rings is 1. The van der Waals surface area contributed by atoms with Gasteiger partial charge in [-0.3, -0.25) is 9.59 Å². The zero-order valence-electron chi connectivity index (χ0n) is 16.8. The molecule has 174 valence electrons. The molecule has 3 rings (SSSR count). The summed E-state index contributed by atoms with van der Waals surface area (Å²) in [6.45, 7) is -0.441. The molecule has 0 unspecified atom stereocenters. The maximum Gasteiger partial charge on any atom is 0.416 e. The van der Waals surface area contributed by atoms with Crippen LogP contribution >= 0.6 is 0 Å². The third kappa shape index (κ3) is 5.88. The number of halogens is 3. The summed E-state index contributed by atoms with van der Waals surface area (Å²) in [5.74, 6) is -1.21. The molecule has 0 spiro atoms. The predicted octanol–water partition coefficient (Wildman–Crippen LogP) is 2.56. The summed E-state index contributed by atoms with van der Waals surface area (Å²) in [6.07, 6.45) is -2.94. The van der Waals surface area contributed by atoms with E-state index in [-0.39, 0.29) is 32.5 Å². The topological polar surface area (TPSA) is 106 Å². The molecule has 12 heteroatoms. The molecule has 0 radical (unpaired) electrons. The number of carbonyl (C=O) groups excluding carboxylic acids is 2. The Labute approximate surface area is 182 Å². The van der Waals surface area contributed by atoms with E-state index in [2.05, 4.69) is 5.32 Å². The van der Waals surface area contributed by atoms with E-state index in [1.54, 1.807) is 12.1 Å². The second-order valence-electron chi connectivity index (χ2n) is 7.17. The first-order chi connectivity index (χ1) is 15.1. The van der Waals surface area contributed by atoms with Gasteiger partial charge in [0, 0.05) is 13.1 Å². The first-order valence-electron chi connectivity index (χ1n) is 9.70. The Bertz CT molecular complexity index is 1050. The van der Waals surface area contributed by atoms with Gasteiger partial charge in [0.2, 0.25) is 10.0 Å². The van der Waals surface area contributed by atoms with Crippen LogP contribution in [0.25, 0.3) is 0 Å². The standard InChI is InChI=1S/C20H21F3N2O6S/c21-20(22,23)15-3-1-5-17(11-15)32(28,29)25-8-6-14(7-9-25)19(27)31-13-18(26)24-12-16-4-2-10-30-16/h1-5,10-11,14H,6-9,12-13H2,(H,24,26). The zero-order valence-corrected chi connectivity index (χ0v) is 17.6. The Balaban J connectivity index is 1.49. The fourth-order valence-corrected chi connectivity index (χ4v) is 4.73. The van der Waals surface area contributed by atoms with Gasteiger partial charge in [0.15, 0.2) is 6.61 Å². The number of carbonyl (C=O) groups is 2. The van der Waals surface area contributed by atoms with Gasteiger partial charge in [0.1, 0.15) is 5.76 Å². The highest BCUT2D eigenvalue weighted by atomic mass is 32.2. The summed E-state index contributed by atoms with van der Waals surface area (Å²) in [4.78, 5) is 23.5. The van der Waals surface area contributed by atoms with Crippen LogP contribution in [0.2, 0.25) is 0 Å². The van der Waals surface area contributed by atoms with Crippen LogP contribution in [0.3, 0.4) is 0 Å². The van der Waals surface area contributed by atoms with Crippen molar-refractivity contribution in [1.82, 2.24) is 9.62 Å². The van der Waals surface area contributed by atoms with Crippen molar-refractivity contribution < 1.29 is 40.3 Å². The van der Waals surface area contributed by atoms with Crippen molar-refractivity contribution in [2.45, 2.75) is 30.5 Å². The summed E-state index contributed by atoms with van der Waals surface area (Å²) >= 11 is 0. The predicted molar refractivity (Wildman–Crippen MR) is 104 cm³/mol. The molecule has 1 fully saturated rings. The van der Waals surface area contributed by atoms with Gasteiger partial charge in [-0.15, -0.1) is 0 Å². The number of piperidine rings is 1. The molecular weight excluding hydrogens is 453 g/mol. The molecule has 1 saturated heterocycles. The van der Waals surface area contributed by atoms with E-state index in [0.717, 1.165) is 22.5 Å². The minimum atomic E-state index is -4.66. The molecule has 0 saturated carbocycles. The summed E-state index contributed by atoms with van der Waals surface area (Å²) in [7, 11) is -4.14. The third-order valence-corrected chi connectivity index (χ3v) is 6.87. The number of hydrogen-bond donors (Lipinski definition) is 1. The molecule has 1 aromatic carbocycles. The van der Waals surface area contributed by atoms with E-state index in [0.29, 0.717) is 11.8 Å². The average Bonchev–Trinajstić information content (AvgIpc) is 3.29. The van der Waals surface area contributed by atoms with Crippen molar-refractivity contribution in [3.05, 3.63) is 54.0 Å². The third-order valence-electron chi connectivity index (χ3n) is 4.97. The van der Waals surface area contributed by atoms with Gasteiger partial charge in [-0.2, -0.15) is 17.5 Å². The van der Waals surface area contributed by atoms with Gasteiger partial charge in [-0.1, -0.05) is 6.07 Å². The molecule has 1 amide bonds. The van der Waals surface area contributed by atoms with Crippen LogP contribution in [0.5, 0.6) is 0 Å². The van der Waals surface area contributed by atoms with Crippen LogP contribution in [-0.4, -0.2) is 44.3 Å². The molecule has 1 N–H and O–H groups in total. The van der Waals surface area contributed by atoms with E-state index < -0.39 is 51.1 Å². The van der Waals surface area contributed by atoms with Crippen LogP contribution in [0, 0.1) is 5.92 Å². The lowest BCUT2D eigenvalue weighted by Crippen LogP contribution is -2.41. The van der Waals surface area contributed by atoms with Crippen molar-refractivity contribution in [3.8, 4) is 0 Å². The van der Waals surface area contributed by atoms with Crippen molar-refractivity contribution in [3.63, 3.8) is 0 Å². The van der Waals surface area contributed by atoms with Gasteiger partial charge in [0.05, 0.1) is 29.2 Å². The smallest absolute Gasteiger partial charge is 0.416 e. The Morgan fingerprint density at radius 1 is 1.16 bits per heavy atom. The molecule has 0 atom stereocenters. The second-order valence-corrected chi connectivity index (χ2v) is 9.11. The fraction of sp³-hybridized carbons (Fsp3) is 0.400. The molecule has 32 heavy (non-hydrogen) atoms. The molecule has 2 heterocycles. The van der Waals surface area contributed by atoms with Crippen molar-refractivity contribution in [2.75, 3.05) is 19.7 Å². The number of sulfonamides is 1. The number of ether oxygens (including phenoxy) is 1. The van der Waals surface area contributed by atoms with E-state index in [1.165, 1.54) is 6.26 Å². The normalized spacial score (nSPS) is 16.0. The molecule has 8 nitrogen and oxygen atoms in total. The van der Waals surface area contributed by atoms with Gasteiger partial charge in [-0.25, -0.2) is 8.42 Å². The van der Waals surface area contributed by atoms with Crippen LogP contribution in [0.1, 0.15) is 24.2 Å². The maximum atomic E-state index is 12.9. The summed E-state index contributed by atoms with van der Waals surface area (Å²) in [5, 5.41) is 2.53. The number of nitrogens with one attached hydrogen (secondary N) is 1. The van der Waals surface area contributed by atoms with Crippen molar-refractivity contribution in [1.29, 1.82) is 0 Å². The Kier molecular flexibility index (Phi) is 7.24. The lowest BCUT2D eigenvalue weighted by atomic mass is 9.98. The lowest BCUT2D eigenvalue weighted by molar-refractivity contribution is -0.153. The summed E-state index contributed by atoms with van der Waals surface area (Å²) in [5.41, 5.74) is -1.05. The van der Waals surface area contributed by atoms with Crippen LogP contribution < -0.4 is 5.32 Å². The second kappa shape index (κ2) is 9.74. The maximum absolute atomic E-state index is 12.9. The van der Waals surface area contributed by atoms with E-state index in [1.807, 2.05) is 0 Å². The van der Waals surface area contributed by atoms with E-state index in [9.17, 15) is 31.2 Å². The largest absolute Gasteiger partial charge is 0.467 e. The molecule has 1 aliphatic heterocycles. The number of furan rings is 1. The number of alkyl halides is 3. The molecular formula is C20H21F3N2O6S. The highest BCUT2D eigenvalue weighted by Gasteiger charge is 2.35. The summed E-state index contributed by atoms with van der Waals surface area (Å²) in [6, 6.07) is 6.88. The molecule has 2 aromatic rings. The molecule has 1 aliphatic rings. The van der Waals surface area contributed by atoms with E-state index >= 15 is 0 Å². The van der Waals surface area contributed by atoms with Crippen molar-refractivity contribution in [2.24, 2.45) is 5.92 Å². The SMILES string of the molecule is O=C(COC(=O)C1CCN(S(=O)(=O)c2cccc(C(F)(F)F)c2)CC1)NCc1ccco1. The highest BCUT2D eigenvalue weighted by Crippen LogP contribution is 2.32. The Morgan fingerprint density at radius 3 is 2.50 bits per heavy atom. The first-order valence-corrected chi connectivity index (χ1v) is 11.1. The van der Waals surface area contributed by atoms with Crippen LogP contribution in [0.4, 0.5) is 13.2 Å². The zero-order chi connectivity index (χ0) is 23.4. The number of amides is 1. The lowest BCUT2D eigenvalue weighted by Gasteiger charge is -2.30. The highest BCUT2D eigenvalue weighted by molar-refractivity contribution is 7.89. The fourth-order valence-electron chi connectivity index (χ4n) is 3.22. The molecule has 1 aromatic heterocycles. The molecule has 0 bridgehead atoms. The molecule has 0 aliphatic carbocycles. The van der Waals surface area contributed by atoms with Gasteiger partial charge in [-0.05, 0) is 43.2 Å². The monoisotopic (exact) mass is 474 g/mol.